The van der Waals surface area contributed by atoms with Gasteiger partial charge in [-0.25, -0.2) is 4.98 Å². The van der Waals surface area contributed by atoms with Crippen molar-refractivity contribution in [2.45, 2.75) is 32.9 Å². The van der Waals surface area contributed by atoms with Gasteiger partial charge in [-0.3, -0.25) is 9.36 Å². The first-order chi connectivity index (χ1) is 11.2. The van der Waals surface area contributed by atoms with Crippen molar-refractivity contribution >= 4 is 21.6 Å². The van der Waals surface area contributed by atoms with Gasteiger partial charge in [-0.1, -0.05) is 31.5 Å². The summed E-state index contributed by atoms with van der Waals surface area (Å²) in [5.41, 5.74) is 1.10. The third kappa shape index (κ3) is 2.73. The second kappa shape index (κ2) is 5.73. The molecule has 0 bridgehead atoms. The first kappa shape index (κ1) is 16.7. The zero-order valence-corrected chi connectivity index (χ0v) is 14.1. The van der Waals surface area contributed by atoms with Crippen molar-refractivity contribution in [2.75, 3.05) is 0 Å². The molecule has 0 spiro atoms. The van der Waals surface area contributed by atoms with E-state index in [1.165, 1.54) is 12.1 Å². The summed E-state index contributed by atoms with van der Waals surface area (Å²) in [5.74, 6) is -1.17. The first-order valence-corrected chi connectivity index (χ1v) is 8.26. The average Bonchev–Trinajstić information content (AvgIpc) is 2.92. The van der Waals surface area contributed by atoms with Gasteiger partial charge in [0.15, 0.2) is 0 Å². The number of rotatable bonds is 2. The summed E-state index contributed by atoms with van der Waals surface area (Å²) in [5, 5.41) is 1.98. The fourth-order valence-corrected chi connectivity index (χ4v) is 3.65. The van der Waals surface area contributed by atoms with Crippen molar-refractivity contribution in [2.24, 2.45) is 0 Å². The topological polar surface area (TPSA) is 34.9 Å². The summed E-state index contributed by atoms with van der Waals surface area (Å²) >= 11 is 1.07. The van der Waals surface area contributed by atoms with Crippen molar-refractivity contribution in [3.8, 4) is 5.69 Å². The highest BCUT2D eigenvalue weighted by Gasteiger charge is 2.38. The normalized spacial score (nSPS) is 12.3. The highest BCUT2D eigenvalue weighted by Crippen LogP contribution is 2.33. The lowest BCUT2D eigenvalue weighted by Crippen LogP contribution is -2.28. The lowest BCUT2D eigenvalue weighted by Gasteiger charge is -2.15. The number of hydrogen-bond donors (Lipinski definition) is 0. The van der Waals surface area contributed by atoms with Gasteiger partial charge in [-0.2, -0.15) is 13.2 Å². The van der Waals surface area contributed by atoms with Crippen LogP contribution in [0.4, 0.5) is 13.2 Å². The molecule has 7 heteroatoms. The molecule has 24 heavy (non-hydrogen) atoms. The molecule has 3 aromatic rings. The molecule has 0 radical (unpaired) electrons. The van der Waals surface area contributed by atoms with Crippen molar-refractivity contribution in [3.63, 3.8) is 0 Å². The molecule has 2 heterocycles. The number of thiophene rings is 1. The molecule has 2 aromatic heterocycles. The molecule has 0 saturated heterocycles. The van der Waals surface area contributed by atoms with Gasteiger partial charge in [0.05, 0.1) is 11.1 Å². The van der Waals surface area contributed by atoms with Crippen LogP contribution in [0.3, 0.4) is 0 Å². The molecule has 0 atom stereocenters. The minimum Gasteiger partial charge on any atom is -0.268 e. The minimum absolute atomic E-state index is 0.0245. The molecule has 126 valence electrons. The molecule has 3 nitrogen and oxygen atoms in total. The number of halogens is 3. The molecule has 0 aliphatic heterocycles. The number of benzene rings is 1. The molecule has 0 aliphatic carbocycles. The maximum Gasteiger partial charge on any atom is 0.450 e. The summed E-state index contributed by atoms with van der Waals surface area (Å²) in [6.45, 7) is 5.62. The highest BCUT2D eigenvalue weighted by molar-refractivity contribution is 7.16. The molecule has 0 aliphatic rings. The Morgan fingerprint density at radius 2 is 1.79 bits per heavy atom. The van der Waals surface area contributed by atoms with Crippen LogP contribution in [-0.2, 0) is 6.18 Å². The third-order valence-corrected chi connectivity index (χ3v) is 4.69. The van der Waals surface area contributed by atoms with E-state index in [0.717, 1.165) is 22.5 Å². The van der Waals surface area contributed by atoms with Crippen LogP contribution in [-0.4, -0.2) is 9.55 Å². The molecule has 3 rings (SSSR count). The number of hydrogen-bond acceptors (Lipinski definition) is 3. The van der Waals surface area contributed by atoms with Gasteiger partial charge in [-0.15, -0.1) is 11.3 Å². The molecule has 0 N–H and O–H groups in total. The smallest absolute Gasteiger partial charge is 0.268 e. The summed E-state index contributed by atoms with van der Waals surface area (Å²) in [4.78, 5) is 16.8. The Balaban J connectivity index is 2.44. The van der Waals surface area contributed by atoms with Crippen molar-refractivity contribution in [1.82, 2.24) is 9.55 Å². The van der Waals surface area contributed by atoms with Crippen molar-refractivity contribution in [1.29, 1.82) is 0 Å². The Hall–Kier alpha value is -2.15. The Morgan fingerprint density at radius 3 is 2.33 bits per heavy atom. The van der Waals surface area contributed by atoms with Gasteiger partial charge < -0.3 is 0 Å². The van der Waals surface area contributed by atoms with Gasteiger partial charge in [0.1, 0.15) is 4.83 Å². The van der Waals surface area contributed by atoms with Crippen LogP contribution in [0.2, 0.25) is 0 Å². The maximum absolute atomic E-state index is 13.5. The summed E-state index contributed by atoms with van der Waals surface area (Å²) in [7, 11) is 0. The Morgan fingerprint density at radius 1 is 1.17 bits per heavy atom. The van der Waals surface area contributed by atoms with Gasteiger partial charge >= 0.3 is 6.18 Å². The molecule has 1 aromatic carbocycles. The van der Waals surface area contributed by atoms with E-state index in [1.807, 2.05) is 20.8 Å². The van der Waals surface area contributed by atoms with E-state index in [-0.39, 0.29) is 21.8 Å². The van der Waals surface area contributed by atoms with Crippen molar-refractivity contribution < 1.29 is 13.2 Å². The largest absolute Gasteiger partial charge is 0.450 e. The van der Waals surface area contributed by atoms with E-state index < -0.39 is 17.6 Å². The maximum atomic E-state index is 13.5. The Bertz CT molecular complexity index is 953. The minimum atomic E-state index is -4.72. The number of aryl methyl sites for hydroxylation is 1. The van der Waals surface area contributed by atoms with E-state index in [9.17, 15) is 18.0 Å². The molecule has 0 unspecified atom stereocenters. The molecule has 0 fully saturated rings. The predicted molar refractivity (Wildman–Crippen MR) is 89.0 cm³/mol. The quantitative estimate of drug-likeness (QED) is 0.658. The van der Waals surface area contributed by atoms with Gasteiger partial charge in [0.25, 0.3) is 5.56 Å². The first-order valence-electron chi connectivity index (χ1n) is 7.38. The SMILES string of the molecule is Cc1ccc(-n2c(C(F)(F)F)nc3scc(C(C)C)c3c2=O)cc1. The van der Waals surface area contributed by atoms with E-state index in [2.05, 4.69) is 4.98 Å². The highest BCUT2D eigenvalue weighted by atomic mass is 32.1. The molecular formula is C17H15F3N2OS. The number of fused-ring (bicyclic) bond motifs is 1. The van der Waals surface area contributed by atoms with Crippen LogP contribution in [0.1, 0.15) is 36.7 Å². The van der Waals surface area contributed by atoms with Crippen LogP contribution in [0.15, 0.2) is 34.4 Å². The number of alkyl halides is 3. The summed E-state index contributed by atoms with van der Waals surface area (Å²) in [6.07, 6.45) is -4.72. The molecule has 0 amide bonds. The summed E-state index contributed by atoms with van der Waals surface area (Å²) < 4.78 is 41.1. The van der Waals surface area contributed by atoms with Crippen LogP contribution in [0.5, 0.6) is 0 Å². The van der Waals surface area contributed by atoms with Gasteiger partial charge in [0, 0.05) is 0 Å². The third-order valence-electron chi connectivity index (χ3n) is 3.80. The monoisotopic (exact) mass is 352 g/mol. The summed E-state index contributed by atoms with van der Waals surface area (Å²) in [6, 6.07) is 6.34. The van der Waals surface area contributed by atoms with Crippen molar-refractivity contribution in [3.05, 3.63) is 57.0 Å². The van der Waals surface area contributed by atoms with E-state index in [1.54, 1.807) is 17.5 Å². The second-order valence-corrected chi connectivity index (χ2v) is 6.79. The van der Waals surface area contributed by atoms with E-state index in [0.29, 0.717) is 4.57 Å². The molecule has 0 saturated carbocycles. The van der Waals surface area contributed by atoms with E-state index >= 15 is 0 Å². The average molecular weight is 352 g/mol. The zero-order valence-electron chi connectivity index (χ0n) is 13.3. The van der Waals surface area contributed by atoms with Crippen LogP contribution >= 0.6 is 11.3 Å². The second-order valence-electron chi connectivity index (χ2n) is 5.94. The standard InChI is InChI=1S/C17H15F3N2OS/c1-9(2)12-8-24-14-13(12)15(23)22(16(21-14)17(18,19)20)11-6-4-10(3)5-7-11/h4-9H,1-3H3. The van der Waals surface area contributed by atoms with Crippen LogP contribution in [0, 0.1) is 6.92 Å². The van der Waals surface area contributed by atoms with Gasteiger partial charge in [-0.05, 0) is 35.9 Å². The Labute approximate surface area is 140 Å². The lowest BCUT2D eigenvalue weighted by molar-refractivity contribution is -0.146. The number of aromatic nitrogens is 2. The van der Waals surface area contributed by atoms with Crippen LogP contribution in [0.25, 0.3) is 15.9 Å². The fourth-order valence-electron chi connectivity index (χ4n) is 2.56. The number of nitrogens with zero attached hydrogens (tertiary/aromatic N) is 2. The Kier molecular flexibility index (Phi) is 3.99. The van der Waals surface area contributed by atoms with Gasteiger partial charge in [0.2, 0.25) is 5.82 Å². The zero-order chi connectivity index (χ0) is 17.6. The predicted octanol–water partition coefficient (Wildman–Crippen LogP) is 4.90. The van der Waals surface area contributed by atoms with Crippen LogP contribution < -0.4 is 5.56 Å². The lowest BCUT2D eigenvalue weighted by atomic mass is 10.0. The fraction of sp³-hybridized carbons (Fsp3) is 0.294. The molecular weight excluding hydrogens is 337 g/mol. The van der Waals surface area contributed by atoms with E-state index in [4.69, 9.17) is 0 Å².